The van der Waals surface area contributed by atoms with Gasteiger partial charge in [-0.05, 0) is 36.6 Å². The molecule has 0 bridgehead atoms. The Morgan fingerprint density at radius 2 is 1.94 bits per heavy atom. The molecule has 2 saturated heterocycles. The van der Waals surface area contributed by atoms with Crippen molar-refractivity contribution in [2.45, 2.75) is 35.9 Å². The summed E-state index contributed by atoms with van der Waals surface area (Å²) < 4.78 is 0. The number of hydrogen-bond donors (Lipinski definition) is 3. The van der Waals surface area contributed by atoms with E-state index in [9.17, 15) is 19.5 Å². The van der Waals surface area contributed by atoms with E-state index < -0.39 is 22.5 Å². The number of carbonyl (C=O) groups excluding carboxylic acids is 2. The molecule has 1 N–H and O–H groups in total. The Morgan fingerprint density at radius 1 is 1.24 bits per heavy atom. The van der Waals surface area contributed by atoms with Crippen molar-refractivity contribution in [3.05, 3.63) is 51.4 Å². The molecule has 5 atom stereocenters. The van der Waals surface area contributed by atoms with Gasteiger partial charge >= 0.3 is 35.5 Å². The summed E-state index contributed by atoms with van der Waals surface area (Å²) in [5.41, 5.74) is 1.17. The third kappa shape index (κ3) is 3.94. The van der Waals surface area contributed by atoms with Gasteiger partial charge in [-0.25, -0.2) is 4.79 Å². The Kier molecular flexibility index (Phi) is 6.96. The number of nitrogens with zero attached hydrogens (tertiary/aromatic N) is 5. The van der Waals surface area contributed by atoms with Crippen LogP contribution in [0.3, 0.4) is 0 Å². The van der Waals surface area contributed by atoms with Crippen molar-refractivity contribution in [3.8, 4) is 0 Å². The maximum absolute atomic E-state index is 13.2. The van der Waals surface area contributed by atoms with Crippen LogP contribution >= 0.6 is 36.6 Å². The topological polar surface area (TPSA) is 117 Å². The molecule has 0 spiro atoms. The number of β-lactam (4-membered cyclic amide) rings is 1. The summed E-state index contributed by atoms with van der Waals surface area (Å²) in [6, 6.07) is 2.41. The van der Waals surface area contributed by atoms with Crippen molar-refractivity contribution in [2.24, 2.45) is 5.92 Å². The second-order valence-electron chi connectivity index (χ2n) is 8.02. The van der Waals surface area contributed by atoms with Gasteiger partial charge in [0.2, 0.25) is 5.91 Å². The first kappa shape index (κ1) is 24.7. The number of amides is 2. The van der Waals surface area contributed by atoms with Crippen LogP contribution in [0, 0.1) is 12.8 Å². The molecule has 3 aliphatic rings. The van der Waals surface area contributed by atoms with Crippen molar-refractivity contribution < 1.29 is 19.5 Å². The third-order valence-electron chi connectivity index (χ3n) is 6.24. The van der Waals surface area contributed by atoms with Crippen molar-refractivity contribution in [3.63, 3.8) is 0 Å². The van der Waals surface area contributed by atoms with Crippen LogP contribution in [0.2, 0.25) is 0 Å². The molecule has 1 unspecified atom stereocenters. The van der Waals surface area contributed by atoms with E-state index in [1.807, 2.05) is 6.92 Å². The molecule has 2 fully saturated rings. The quantitative estimate of drug-likeness (QED) is 0.311. The van der Waals surface area contributed by atoms with E-state index in [1.54, 1.807) is 29.4 Å². The fourth-order valence-electron chi connectivity index (χ4n) is 4.86. The van der Waals surface area contributed by atoms with Crippen LogP contribution < -0.4 is 0 Å². The van der Waals surface area contributed by atoms with E-state index in [0.29, 0.717) is 29.1 Å². The van der Waals surface area contributed by atoms with Gasteiger partial charge in [0, 0.05) is 24.9 Å². The van der Waals surface area contributed by atoms with Gasteiger partial charge in [-0.3, -0.25) is 19.5 Å². The molecule has 3 aliphatic heterocycles. The number of carbonyl (C=O) groups is 3. The molecule has 5 rings (SSSR count). The van der Waals surface area contributed by atoms with Crippen LogP contribution in [0.25, 0.3) is 0 Å². The number of hydrogen-bond acceptors (Lipinski definition) is 9. The summed E-state index contributed by atoms with van der Waals surface area (Å²) in [6.45, 7) is 2.16. The fourth-order valence-corrected chi connectivity index (χ4v) is 6.34. The Hall–Kier alpha value is -1.44. The van der Waals surface area contributed by atoms with Gasteiger partial charge in [0.05, 0.1) is 11.3 Å². The molecule has 0 saturated carbocycles. The first-order valence-corrected chi connectivity index (χ1v) is 11.8. The van der Waals surface area contributed by atoms with Gasteiger partial charge in [0.1, 0.15) is 27.0 Å². The van der Waals surface area contributed by atoms with Crippen LogP contribution in [-0.2, 0) is 14.4 Å². The zero-order valence-electron chi connectivity index (χ0n) is 16.8. The predicted octanol–water partition coefficient (Wildman–Crippen LogP) is 1.02. The Labute approximate surface area is 226 Å². The van der Waals surface area contributed by atoms with Crippen LogP contribution in [0.4, 0.5) is 0 Å². The number of carboxylic acid groups (broad SMARTS) is 1. The second-order valence-corrected chi connectivity index (χ2v) is 10.3. The SMILES string of the molecule is Cc1nnc([C@@H](S)C2=C(C(=O)O)N3C(=O)[C@@H]4[C@H]3[C@H](C2)CN4C(=O)C(S)c2ccncc2)s1.[NaH]. The van der Waals surface area contributed by atoms with E-state index in [1.165, 1.54) is 16.2 Å². The summed E-state index contributed by atoms with van der Waals surface area (Å²) in [5.74, 6) is -1.92. The third-order valence-corrected chi connectivity index (χ3v) is 8.39. The van der Waals surface area contributed by atoms with Gasteiger partial charge < -0.3 is 10.0 Å². The average molecular weight is 514 g/mol. The number of pyridine rings is 1. The molecule has 13 heteroatoms. The van der Waals surface area contributed by atoms with Gasteiger partial charge in [-0.1, -0.05) is 0 Å². The zero-order valence-corrected chi connectivity index (χ0v) is 19.4. The van der Waals surface area contributed by atoms with Crippen molar-refractivity contribution in [2.75, 3.05) is 6.54 Å². The van der Waals surface area contributed by atoms with E-state index in [-0.39, 0.29) is 59.0 Å². The van der Waals surface area contributed by atoms with Crippen molar-refractivity contribution >= 4 is 83.9 Å². The molecular formula is C20H20N5NaO4S3. The van der Waals surface area contributed by atoms with Gasteiger partial charge in [-0.15, -0.1) is 21.5 Å². The number of carboxylic acids is 1. The summed E-state index contributed by atoms with van der Waals surface area (Å²) in [7, 11) is 0. The van der Waals surface area contributed by atoms with E-state index in [4.69, 9.17) is 0 Å². The van der Waals surface area contributed by atoms with E-state index in [2.05, 4.69) is 40.4 Å². The zero-order chi connectivity index (χ0) is 22.7. The Bertz CT molecular complexity index is 1160. The number of rotatable bonds is 5. The molecule has 0 aromatic carbocycles. The molecule has 0 aliphatic carbocycles. The molecule has 2 aromatic heterocycles. The fraction of sp³-hybridized carbons (Fsp3) is 0.400. The first-order chi connectivity index (χ1) is 15.3. The molecular weight excluding hydrogens is 493 g/mol. The van der Waals surface area contributed by atoms with Crippen LogP contribution in [0.15, 0.2) is 35.8 Å². The second kappa shape index (κ2) is 9.31. The number of aliphatic carboxylic acids is 1. The summed E-state index contributed by atoms with van der Waals surface area (Å²) >= 11 is 10.5. The Balaban J connectivity index is 0.00000259. The minimum absolute atomic E-state index is 0. The Morgan fingerprint density at radius 3 is 2.55 bits per heavy atom. The molecule has 168 valence electrons. The normalized spacial score (nSPS) is 25.2. The molecule has 2 aromatic rings. The van der Waals surface area contributed by atoms with Crippen LogP contribution in [0.5, 0.6) is 0 Å². The van der Waals surface area contributed by atoms with Crippen LogP contribution in [0.1, 0.15) is 32.5 Å². The van der Waals surface area contributed by atoms with Gasteiger partial charge in [0.15, 0.2) is 0 Å². The number of aromatic nitrogens is 3. The standard InChI is InChI=1S/C20H19N5O4S3.Na.H/c1-8-22-23-17(32-8)16(31)11-6-10-7-24(19(27)15(30)9-2-4-21-5-3-9)14-12(10)25(18(14)26)13(11)20(28)29;;/h2-5,10,12,14-16,30-31H,6-7H2,1H3,(H,28,29);;/t10-,12-,14+,15?,16+;;/m1../s1. The van der Waals surface area contributed by atoms with E-state index >= 15 is 0 Å². The molecule has 9 nitrogen and oxygen atoms in total. The molecule has 2 amide bonds. The van der Waals surface area contributed by atoms with Crippen LogP contribution in [-0.4, -0.2) is 96.1 Å². The summed E-state index contributed by atoms with van der Waals surface area (Å²) in [6.07, 6.45) is 3.59. The molecule has 33 heavy (non-hydrogen) atoms. The average Bonchev–Trinajstić information content (AvgIpc) is 3.38. The monoisotopic (exact) mass is 513 g/mol. The van der Waals surface area contributed by atoms with E-state index in [0.717, 1.165) is 5.01 Å². The minimum atomic E-state index is -1.18. The predicted molar refractivity (Wildman–Crippen MR) is 128 cm³/mol. The summed E-state index contributed by atoms with van der Waals surface area (Å²) in [5, 5.41) is 18.1. The maximum atomic E-state index is 13.2. The van der Waals surface area contributed by atoms with Gasteiger partial charge in [-0.2, -0.15) is 25.3 Å². The first-order valence-electron chi connectivity index (χ1n) is 9.95. The van der Waals surface area contributed by atoms with Crippen molar-refractivity contribution in [1.82, 2.24) is 25.0 Å². The number of aryl methyl sites for hydroxylation is 1. The summed E-state index contributed by atoms with van der Waals surface area (Å²) in [4.78, 5) is 45.3. The number of thiol groups is 2. The number of likely N-dealkylation sites (tertiary alicyclic amines) is 1. The van der Waals surface area contributed by atoms with Gasteiger partial charge in [0.25, 0.3) is 5.91 Å². The molecule has 5 heterocycles. The van der Waals surface area contributed by atoms with Crippen molar-refractivity contribution in [1.29, 1.82) is 0 Å². The molecule has 0 radical (unpaired) electrons.